The van der Waals surface area contributed by atoms with E-state index in [1.54, 1.807) is 6.20 Å². The highest BCUT2D eigenvalue weighted by atomic mass is 35.5. The monoisotopic (exact) mass is 298 g/mol. The summed E-state index contributed by atoms with van der Waals surface area (Å²) in [6.45, 7) is 1.04. The van der Waals surface area contributed by atoms with Crippen LogP contribution >= 0.6 is 11.6 Å². The molecule has 0 radical (unpaired) electrons. The fourth-order valence-electron chi connectivity index (χ4n) is 2.94. The van der Waals surface area contributed by atoms with Gasteiger partial charge in [0.2, 0.25) is 0 Å². The van der Waals surface area contributed by atoms with Gasteiger partial charge >= 0.3 is 0 Å². The fraction of sp³-hybridized carbons (Fsp3) is 0.250. The van der Waals surface area contributed by atoms with Gasteiger partial charge in [0.15, 0.2) is 5.65 Å². The van der Waals surface area contributed by atoms with Crippen LogP contribution in [0.2, 0.25) is 5.02 Å². The number of hydrogen-bond acceptors (Lipinski definition) is 3. The van der Waals surface area contributed by atoms with Crippen LogP contribution in [0.1, 0.15) is 24.7 Å². The van der Waals surface area contributed by atoms with Crippen molar-refractivity contribution >= 4 is 22.8 Å². The van der Waals surface area contributed by atoms with E-state index in [4.69, 9.17) is 16.6 Å². The van der Waals surface area contributed by atoms with E-state index in [9.17, 15) is 0 Å². The van der Waals surface area contributed by atoms with Gasteiger partial charge in [0.25, 0.3) is 0 Å². The summed E-state index contributed by atoms with van der Waals surface area (Å²) in [5, 5.41) is 4.23. The third-order valence-electron chi connectivity index (χ3n) is 3.88. The van der Waals surface area contributed by atoms with Crippen molar-refractivity contribution in [2.75, 3.05) is 6.54 Å². The second-order valence-corrected chi connectivity index (χ2v) is 5.72. The predicted octanol–water partition coefficient (Wildman–Crippen LogP) is 3.50. The molecule has 1 atom stereocenters. The molecule has 0 aliphatic carbocycles. The molecule has 1 aromatic carbocycles. The topological polar surface area (TPSA) is 42.7 Å². The molecule has 1 aliphatic heterocycles. The SMILES string of the molecule is Clc1cccc(-n2c(C3CCCN3)nc3cccnc32)c1. The number of fused-ring (bicyclic) bond motifs is 1. The van der Waals surface area contributed by atoms with Crippen LogP contribution in [0.3, 0.4) is 0 Å². The Morgan fingerprint density at radius 3 is 3.00 bits per heavy atom. The molecule has 4 rings (SSSR count). The maximum atomic E-state index is 6.16. The molecule has 2 aromatic heterocycles. The van der Waals surface area contributed by atoms with E-state index >= 15 is 0 Å². The molecule has 1 fully saturated rings. The molecule has 3 aromatic rings. The molecule has 3 heterocycles. The van der Waals surface area contributed by atoms with Crippen LogP contribution in [0.5, 0.6) is 0 Å². The minimum absolute atomic E-state index is 0.276. The average molecular weight is 299 g/mol. The van der Waals surface area contributed by atoms with E-state index in [0.29, 0.717) is 0 Å². The minimum atomic E-state index is 0.276. The highest BCUT2D eigenvalue weighted by Gasteiger charge is 2.24. The lowest BCUT2D eigenvalue weighted by Gasteiger charge is -2.13. The van der Waals surface area contributed by atoms with Gasteiger partial charge in [0.1, 0.15) is 11.3 Å². The molecule has 0 amide bonds. The van der Waals surface area contributed by atoms with Crippen LogP contribution < -0.4 is 5.32 Å². The first kappa shape index (κ1) is 12.8. The zero-order valence-corrected chi connectivity index (χ0v) is 12.2. The average Bonchev–Trinajstić information content (AvgIpc) is 3.14. The number of nitrogens with zero attached hydrogens (tertiary/aromatic N) is 3. The third-order valence-corrected chi connectivity index (χ3v) is 4.12. The van der Waals surface area contributed by atoms with Crippen LogP contribution in [0.4, 0.5) is 0 Å². The minimum Gasteiger partial charge on any atom is -0.307 e. The summed E-state index contributed by atoms with van der Waals surface area (Å²) in [6.07, 6.45) is 4.08. The molecule has 4 nitrogen and oxygen atoms in total. The number of halogens is 1. The van der Waals surface area contributed by atoms with Gasteiger partial charge in [-0.25, -0.2) is 9.97 Å². The lowest BCUT2D eigenvalue weighted by atomic mass is 10.2. The van der Waals surface area contributed by atoms with Crippen molar-refractivity contribution in [2.45, 2.75) is 18.9 Å². The standard InChI is InChI=1S/C16H15ClN4/c17-11-4-1-5-12(10-11)21-15-14(7-3-9-19-15)20-16(21)13-6-2-8-18-13/h1,3-5,7,9-10,13,18H,2,6,8H2. The zero-order valence-electron chi connectivity index (χ0n) is 11.5. The van der Waals surface area contributed by atoms with Gasteiger partial charge in [-0.15, -0.1) is 0 Å². The van der Waals surface area contributed by atoms with Crippen LogP contribution in [0, 0.1) is 0 Å². The van der Waals surface area contributed by atoms with Crippen molar-refractivity contribution < 1.29 is 0 Å². The van der Waals surface area contributed by atoms with Gasteiger partial charge in [-0.1, -0.05) is 17.7 Å². The summed E-state index contributed by atoms with van der Waals surface area (Å²) in [4.78, 5) is 9.30. The number of nitrogens with one attached hydrogen (secondary N) is 1. The van der Waals surface area contributed by atoms with Gasteiger partial charge in [-0.2, -0.15) is 0 Å². The maximum absolute atomic E-state index is 6.16. The molecular formula is C16H15ClN4. The summed E-state index contributed by atoms with van der Waals surface area (Å²) in [5.74, 6) is 1.02. The van der Waals surface area contributed by atoms with Crippen molar-refractivity contribution in [1.82, 2.24) is 19.9 Å². The van der Waals surface area contributed by atoms with E-state index in [1.807, 2.05) is 36.4 Å². The van der Waals surface area contributed by atoms with Crippen molar-refractivity contribution in [2.24, 2.45) is 0 Å². The van der Waals surface area contributed by atoms with E-state index in [1.165, 1.54) is 6.42 Å². The first-order valence-corrected chi connectivity index (χ1v) is 7.53. The third kappa shape index (κ3) is 2.20. The number of rotatable bonds is 2. The largest absolute Gasteiger partial charge is 0.307 e. The fourth-order valence-corrected chi connectivity index (χ4v) is 3.12. The van der Waals surface area contributed by atoms with Crippen molar-refractivity contribution in [3.8, 4) is 5.69 Å². The van der Waals surface area contributed by atoms with Crippen LogP contribution in [0.25, 0.3) is 16.9 Å². The molecule has 1 N–H and O–H groups in total. The normalized spacial score (nSPS) is 18.4. The molecule has 0 saturated carbocycles. The van der Waals surface area contributed by atoms with E-state index in [2.05, 4.69) is 14.9 Å². The molecule has 1 saturated heterocycles. The quantitative estimate of drug-likeness (QED) is 0.787. The number of aromatic nitrogens is 3. The number of imidazole rings is 1. The number of pyridine rings is 1. The Bertz CT molecular complexity index is 790. The number of hydrogen-bond donors (Lipinski definition) is 1. The van der Waals surface area contributed by atoms with Gasteiger partial charge < -0.3 is 5.32 Å². The summed E-state index contributed by atoms with van der Waals surface area (Å²) in [7, 11) is 0. The lowest BCUT2D eigenvalue weighted by Crippen LogP contribution is -2.17. The summed E-state index contributed by atoms with van der Waals surface area (Å²) < 4.78 is 2.12. The highest BCUT2D eigenvalue weighted by molar-refractivity contribution is 6.30. The molecule has 21 heavy (non-hydrogen) atoms. The van der Waals surface area contributed by atoms with Crippen LogP contribution in [0.15, 0.2) is 42.6 Å². The zero-order chi connectivity index (χ0) is 14.2. The van der Waals surface area contributed by atoms with Crippen molar-refractivity contribution in [3.63, 3.8) is 0 Å². The van der Waals surface area contributed by atoms with Crippen LogP contribution in [-0.4, -0.2) is 21.1 Å². The highest BCUT2D eigenvalue weighted by Crippen LogP contribution is 2.29. The van der Waals surface area contributed by atoms with E-state index in [0.717, 1.165) is 40.7 Å². The van der Waals surface area contributed by atoms with Gasteiger partial charge in [0.05, 0.1) is 11.7 Å². The Morgan fingerprint density at radius 1 is 1.24 bits per heavy atom. The second kappa shape index (κ2) is 5.13. The lowest BCUT2D eigenvalue weighted by molar-refractivity contribution is 0.598. The first-order chi connectivity index (χ1) is 10.3. The molecule has 1 unspecified atom stereocenters. The van der Waals surface area contributed by atoms with E-state index in [-0.39, 0.29) is 6.04 Å². The van der Waals surface area contributed by atoms with Crippen molar-refractivity contribution in [3.05, 3.63) is 53.4 Å². The molecule has 106 valence electrons. The second-order valence-electron chi connectivity index (χ2n) is 5.28. The Labute approximate surface area is 127 Å². The molecule has 0 bridgehead atoms. The Kier molecular flexibility index (Phi) is 3.13. The first-order valence-electron chi connectivity index (χ1n) is 7.15. The molecule has 1 aliphatic rings. The summed E-state index contributed by atoms with van der Waals surface area (Å²) in [6, 6.07) is 12.0. The molecule has 5 heteroatoms. The molecule has 0 spiro atoms. The van der Waals surface area contributed by atoms with Crippen molar-refractivity contribution in [1.29, 1.82) is 0 Å². The Hall–Kier alpha value is -1.91. The molecular weight excluding hydrogens is 284 g/mol. The van der Waals surface area contributed by atoms with E-state index < -0.39 is 0 Å². The maximum Gasteiger partial charge on any atom is 0.164 e. The van der Waals surface area contributed by atoms with Gasteiger partial charge in [-0.05, 0) is 49.7 Å². The van der Waals surface area contributed by atoms with Gasteiger partial charge in [0, 0.05) is 11.2 Å². The Morgan fingerprint density at radius 2 is 2.19 bits per heavy atom. The predicted molar refractivity (Wildman–Crippen MR) is 83.9 cm³/mol. The smallest absolute Gasteiger partial charge is 0.164 e. The summed E-state index contributed by atoms with van der Waals surface area (Å²) >= 11 is 6.16. The number of benzene rings is 1. The summed E-state index contributed by atoms with van der Waals surface area (Å²) in [5.41, 5.74) is 2.80. The Balaban J connectivity index is 1.98. The van der Waals surface area contributed by atoms with Gasteiger partial charge in [-0.3, -0.25) is 4.57 Å². The van der Waals surface area contributed by atoms with Crippen LogP contribution in [-0.2, 0) is 0 Å².